The van der Waals surface area contributed by atoms with E-state index in [4.69, 9.17) is 9.47 Å². The molecule has 0 unspecified atom stereocenters. The molecule has 1 aliphatic heterocycles. The van der Waals surface area contributed by atoms with Crippen LogP contribution in [0.5, 0.6) is 6.01 Å². The van der Waals surface area contributed by atoms with Crippen LogP contribution in [0.4, 0.5) is 4.79 Å². The highest BCUT2D eigenvalue weighted by atomic mass is 16.6. The summed E-state index contributed by atoms with van der Waals surface area (Å²) in [6, 6.07) is 2.39. The van der Waals surface area contributed by atoms with E-state index in [1.54, 1.807) is 0 Å². The number of piperidine rings is 1. The Morgan fingerprint density at radius 1 is 1.28 bits per heavy atom. The molecule has 1 aliphatic rings. The molecule has 0 bridgehead atoms. The quantitative estimate of drug-likeness (QED) is 0.754. The van der Waals surface area contributed by atoms with E-state index in [2.05, 4.69) is 9.97 Å². The fourth-order valence-corrected chi connectivity index (χ4v) is 3.09. The fourth-order valence-electron chi connectivity index (χ4n) is 3.09. The Morgan fingerprint density at radius 3 is 2.60 bits per heavy atom. The van der Waals surface area contributed by atoms with Gasteiger partial charge in [-0.2, -0.15) is 0 Å². The number of hydrogen-bond donors (Lipinski definition) is 0. The molecular formula is C19H31N3O3. The summed E-state index contributed by atoms with van der Waals surface area (Å²) in [5.41, 5.74) is 1.40. The van der Waals surface area contributed by atoms with Crippen LogP contribution in [0.2, 0.25) is 0 Å². The van der Waals surface area contributed by atoms with Gasteiger partial charge in [0.15, 0.2) is 0 Å². The SMILES string of the molecule is Cc1cc(C)nc(OCCC[C@H]2CCCN(C(=O)OC(C)(C)C)C2)n1. The number of hydrogen-bond acceptors (Lipinski definition) is 5. The second-order valence-electron chi connectivity index (χ2n) is 7.86. The van der Waals surface area contributed by atoms with Crippen LogP contribution in [0.25, 0.3) is 0 Å². The first kappa shape index (κ1) is 19.5. The van der Waals surface area contributed by atoms with Crippen molar-refractivity contribution in [3.63, 3.8) is 0 Å². The van der Waals surface area contributed by atoms with Crippen molar-refractivity contribution >= 4 is 6.09 Å². The van der Waals surface area contributed by atoms with Crippen molar-refractivity contribution in [2.45, 2.75) is 65.9 Å². The molecule has 2 heterocycles. The third kappa shape index (κ3) is 6.88. The molecule has 1 aromatic heterocycles. The van der Waals surface area contributed by atoms with E-state index >= 15 is 0 Å². The van der Waals surface area contributed by atoms with Crippen LogP contribution in [-0.2, 0) is 4.74 Å². The Balaban J connectivity index is 1.72. The monoisotopic (exact) mass is 349 g/mol. The highest BCUT2D eigenvalue weighted by Crippen LogP contribution is 2.23. The number of nitrogens with zero attached hydrogens (tertiary/aromatic N) is 3. The number of carbonyl (C=O) groups is 1. The van der Waals surface area contributed by atoms with Gasteiger partial charge in [-0.1, -0.05) is 0 Å². The maximum atomic E-state index is 12.2. The van der Waals surface area contributed by atoms with Crippen molar-refractivity contribution in [1.29, 1.82) is 0 Å². The Kier molecular flexibility index (Phi) is 6.62. The maximum absolute atomic E-state index is 12.2. The van der Waals surface area contributed by atoms with Gasteiger partial charge < -0.3 is 14.4 Å². The fraction of sp³-hybridized carbons (Fsp3) is 0.737. The van der Waals surface area contributed by atoms with E-state index in [1.807, 2.05) is 45.6 Å². The molecule has 0 N–H and O–H groups in total. The lowest BCUT2D eigenvalue weighted by Crippen LogP contribution is -2.42. The lowest BCUT2D eigenvalue weighted by molar-refractivity contribution is 0.0159. The highest BCUT2D eigenvalue weighted by Gasteiger charge is 2.27. The van der Waals surface area contributed by atoms with Gasteiger partial charge in [0.2, 0.25) is 0 Å². The first-order valence-electron chi connectivity index (χ1n) is 9.16. The number of carbonyl (C=O) groups excluding carboxylic acids is 1. The van der Waals surface area contributed by atoms with E-state index in [1.165, 1.54) is 0 Å². The summed E-state index contributed by atoms with van der Waals surface area (Å²) in [6.45, 7) is 11.7. The molecule has 25 heavy (non-hydrogen) atoms. The predicted molar refractivity (Wildman–Crippen MR) is 96.8 cm³/mol. The molecule has 1 fully saturated rings. The van der Waals surface area contributed by atoms with Crippen LogP contribution >= 0.6 is 0 Å². The van der Waals surface area contributed by atoms with Crippen molar-refractivity contribution in [2.75, 3.05) is 19.7 Å². The molecule has 1 aromatic rings. The first-order valence-corrected chi connectivity index (χ1v) is 9.16. The molecule has 1 atom stereocenters. The molecule has 140 valence electrons. The van der Waals surface area contributed by atoms with E-state index < -0.39 is 5.60 Å². The predicted octanol–water partition coefficient (Wildman–Crippen LogP) is 3.90. The second-order valence-corrected chi connectivity index (χ2v) is 7.86. The molecule has 0 saturated carbocycles. The summed E-state index contributed by atoms with van der Waals surface area (Å²) in [5, 5.41) is 0. The van der Waals surface area contributed by atoms with Gasteiger partial charge in [-0.3, -0.25) is 0 Å². The van der Waals surface area contributed by atoms with Crippen LogP contribution in [0.1, 0.15) is 57.8 Å². The van der Waals surface area contributed by atoms with Crippen LogP contribution < -0.4 is 4.74 Å². The van der Waals surface area contributed by atoms with Crippen LogP contribution in [0, 0.1) is 19.8 Å². The minimum atomic E-state index is -0.441. The molecular weight excluding hydrogens is 318 g/mol. The summed E-state index contributed by atoms with van der Waals surface area (Å²) in [7, 11) is 0. The van der Waals surface area contributed by atoms with Gasteiger partial charge in [-0.15, -0.1) is 0 Å². The summed E-state index contributed by atoms with van der Waals surface area (Å²) in [4.78, 5) is 22.6. The van der Waals surface area contributed by atoms with Crippen molar-refractivity contribution < 1.29 is 14.3 Å². The molecule has 0 radical (unpaired) electrons. The van der Waals surface area contributed by atoms with Gasteiger partial charge in [-0.05, 0) is 72.3 Å². The topological polar surface area (TPSA) is 64.5 Å². The van der Waals surface area contributed by atoms with Gasteiger partial charge in [0.25, 0.3) is 0 Å². The van der Waals surface area contributed by atoms with Crippen LogP contribution in [0.3, 0.4) is 0 Å². The summed E-state index contributed by atoms with van der Waals surface area (Å²) in [5.74, 6) is 0.505. The first-order chi connectivity index (χ1) is 11.7. The van der Waals surface area contributed by atoms with Crippen LogP contribution in [0.15, 0.2) is 6.07 Å². The van der Waals surface area contributed by atoms with Crippen molar-refractivity contribution in [2.24, 2.45) is 5.92 Å². The van der Waals surface area contributed by atoms with E-state index in [0.29, 0.717) is 18.5 Å². The van der Waals surface area contributed by atoms with Crippen molar-refractivity contribution in [1.82, 2.24) is 14.9 Å². The lowest BCUT2D eigenvalue weighted by Gasteiger charge is -2.34. The lowest BCUT2D eigenvalue weighted by atomic mass is 9.94. The normalized spacial score (nSPS) is 18.1. The third-order valence-electron chi connectivity index (χ3n) is 4.12. The smallest absolute Gasteiger partial charge is 0.410 e. The molecule has 1 saturated heterocycles. The second kappa shape index (κ2) is 8.50. The average molecular weight is 349 g/mol. The zero-order chi connectivity index (χ0) is 18.4. The van der Waals surface area contributed by atoms with Crippen LogP contribution in [-0.4, -0.2) is 46.3 Å². The number of ether oxygens (including phenoxy) is 2. The maximum Gasteiger partial charge on any atom is 0.410 e. The number of amides is 1. The van der Waals surface area contributed by atoms with Gasteiger partial charge in [0.05, 0.1) is 6.61 Å². The van der Waals surface area contributed by atoms with Gasteiger partial charge in [0.1, 0.15) is 5.60 Å². The molecule has 0 aliphatic carbocycles. The molecule has 6 nitrogen and oxygen atoms in total. The summed E-state index contributed by atoms with van der Waals surface area (Å²) < 4.78 is 11.1. The minimum absolute atomic E-state index is 0.197. The Bertz CT molecular complexity index is 564. The summed E-state index contributed by atoms with van der Waals surface area (Å²) >= 11 is 0. The van der Waals surface area contributed by atoms with Crippen molar-refractivity contribution in [3.8, 4) is 6.01 Å². The number of aromatic nitrogens is 2. The Hall–Kier alpha value is -1.85. The molecule has 6 heteroatoms. The largest absolute Gasteiger partial charge is 0.463 e. The zero-order valence-electron chi connectivity index (χ0n) is 16.2. The molecule has 0 spiro atoms. The Morgan fingerprint density at radius 2 is 1.96 bits per heavy atom. The number of rotatable bonds is 5. The standard InChI is InChI=1S/C19H31N3O3/c1-14-12-15(2)21-17(20-14)24-11-7-9-16-8-6-10-22(13-16)18(23)25-19(3,4)5/h12,16H,6-11,13H2,1-5H3/t16-/m1/s1. The van der Waals surface area contributed by atoms with Gasteiger partial charge in [-0.25, -0.2) is 14.8 Å². The van der Waals surface area contributed by atoms with E-state index in [-0.39, 0.29) is 6.09 Å². The Labute approximate surface area is 150 Å². The molecule has 0 aromatic carbocycles. The third-order valence-corrected chi connectivity index (χ3v) is 4.12. The van der Waals surface area contributed by atoms with E-state index in [9.17, 15) is 4.79 Å². The minimum Gasteiger partial charge on any atom is -0.463 e. The molecule has 1 amide bonds. The average Bonchev–Trinajstić information content (AvgIpc) is 2.49. The van der Waals surface area contributed by atoms with Gasteiger partial charge >= 0.3 is 12.1 Å². The number of aryl methyl sites for hydroxylation is 2. The zero-order valence-corrected chi connectivity index (χ0v) is 16.2. The molecule has 2 rings (SSSR count). The van der Waals surface area contributed by atoms with Gasteiger partial charge in [0, 0.05) is 24.5 Å². The number of likely N-dealkylation sites (tertiary alicyclic amines) is 1. The summed E-state index contributed by atoms with van der Waals surface area (Å²) in [6.07, 6.45) is 3.95. The van der Waals surface area contributed by atoms with E-state index in [0.717, 1.165) is 50.2 Å². The van der Waals surface area contributed by atoms with Crippen molar-refractivity contribution in [3.05, 3.63) is 17.5 Å². The highest BCUT2D eigenvalue weighted by molar-refractivity contribution is 5.68.